The number of aliphatic hydroxyl groups is 1. The highest BCUT2D eigenvalue weighted by molar-refractivity contribution is 5.18. The maximum Gasteiger partial charge on any atom is 0.229 e. The zero-order valence-electron chi connectivity index (χ0n) is 9.41. The van der Waals surface area contributed by atoms with Crippen LogP contribution in [0.3, 0.4) is 0 Å². The Morgan fingerprint density at radius 3 is 2.71 bits per heavy atom. The van der Waals surface area contributed by atoms with Crippen LogP contribution in [0.1, 0.15) is 36.0 Å². The van der Waals surface area contributed by atoms with Crippen molar-refractivity contribution in [1.29, 1.82) is 0 Å². The molecule has 4 heteroatoms. The predicted molar refractivity (Wildman–Crippen MR) is 61.5 cm³/mol. The van der Waals surface area contributed by atoms with Crippen LogP contribution in [-0.2, 0) is 6.42 Å². The van der Waals surface area contributed by atoms with Crippen molar-refractivity contribution in [2.75, 3.05) is 0 Å². The van der Waals surface area contributed by atoms with Gasteiger partial charge in [-0.1, -0.05) is 35.5 Å². The largest absolute Gasteiger partial charge is 0.393 e. The second-order valence-electron chi connectivity index (χ2n) is 4.53. The monoisotopic (exact) mass is 230 g/mol. The summed E-state index contributed by atoms with van der Waals surface area (Å²) in [5.41, 5.74) is 1.17. The lowest BCUT2D eigenvalue weighted by atomic mass is 9.82. The first-order valence-corrected chi connectivity index (χ1v) is 5.86. The number of rotatable bonds is 3. The molecule has 1 fully saturated rings. The van der Waals surface area contributed by atoms with Crippen LogP contribution in [0.25, 0.3) is 0 Å². The fourth-order valence-corrected chi connectivity index (χ4v) is 2.07. The van der Waals surface area contributed by atoms with E-state index >= 15 is 0 Å². The summed E-state index contributed by atoms with van der Waals surface area (Å²) in [6, 6.07) is 10.1. The van der Waals surface area contributed by atoms with Gasteiger partial charge in [0.15, 0.2) is 5.82 Å². The normalized spacial score (nSPS) is 23.4. The zero-order valence-corrected chi connectivity index (χ0v) is 9.41. The van der Waals surface area contributed by atoms with Crippen molar-refractivity contribution in [3.63, 3.8) is 0 Å². The van der Waals surface area contributed by atoms with Gasteiger partial charge < -0.3 is 9.63 Å². The van der Waals surface area contributed by atoms with Crippen LogP contribution in [0.15, 0.2) is 34.9 Å². The predicted octanol–water partition coefficient (Wildman–Crippen LogP) is 1.90. The smallest absolute Gasteiger partial charge is 0.229 e. The van der Waals surface area contributed by atoms with Gasteiger partial charge in [-0.2, -0.15) is 4.98 Å². The van der Waals surface area contributed by atoms with Crippen LogP contribution in [0.4, 0.5) is 0 Å². The third kappa shape index (κ3) is 2.22. The Labute approximate surface area is 99.3 Å². The Hall–Kier alpha value is -1.68. The summed E-state index contributed by atoms with van der Waals surface area (Å²) in [5.74, 6) is 1.64. The Morgan fingerprint density at radius 1 is 1.24 bits per heavy atom. The van der Waals surface area contributed by atoms with Crippen LogP contribution in [-0.4, -0.2) is 21.4 Å². The average molecular weight is 230 g/mol. The third-order valence-corrected chi connectivity index (χ3v) is 3.15. The molecule has 1 aromatic carbocycles. The number of nitrogens with zero attached hydrogens (tertiary/aromatic N) is 2. The van der Waals surface area contributed by atoms with Crippen LogP contribution in [0.5, 0.6) is 0 Å². The maximum atomic E-state index is 9.23. The lowest BCUT2D eigenvalue weighted by Crippen LogP contribution is -2.26. The minimum Gasteiger partial charge on any atom is -0.393 e. The Morgan fingerprint density at radius 2 is 2.00 bits per heavy atom. The van der Waals surface area contributed by atoms with Crippen molar-refractivity contribution in [2.24, 2.45) is 0 Å². The Kier molecular flexibility index (Phi) is 2.65. The molecule has 1 heterocycles. The second-order valence-corrected chi connectivity index (χ2v) is 4.53. The summed E-state index contributed by atoms with van der Waals surface area (Å²) < 4.78 is 5.22. The Bertz CT molecular complexity index is 489. The standard InChI is InChI=1S/C13H14N2O2/c16-11-7-10(8-11)13-14-12(15-17-13)6-9-4-2-1-3-5-9/h1-5,10-11,16H,6-8H2. The summed E-state index contributed by atoms with van der Waals surface area (Å²) in [7, 11) is 0. The molecule has 0 aliphatic heterocycles. The van der Waals surface area contributed by atoms with Gasteiger partial charge in [0.05, 0.1) is 6.10 Å². The molecule has 88 valence electrons. The molecule has 1 aromatic heterocycles. The molecule has 0 radical (unpaired) electrons. The summed E-state index contributed by atoms with van der Waals surface area (Å²) in [6.45, 7) is 0. The maximum absolute atomic E-state index is 9.23. The lowest BCUT2D eigenvalue weighted by Gasteiger charge is -2.27. The molecule has 0 amide bonds. The topological polar surface area (TPSA) is 59.2 Å². The number of hydrogen-bond donors (Lipinski definition) is 1. The van der Waals surface area contributed by atoms with E-state index in [9.17, 15) is 5.11 Å². The highest BCUT2D eigenvalue weighted by Gasteiger charge is 2.32. The first kappa shape index (κ1) is 10.5. The zero-order chi connectivity index (χ0) is 11.7. The molecule has 1 aliphatic rings. The molecule has 1 N–H and O–H groups in total. The molecule has 1 saturated carbocycles. The van der Waals surface area contributed by atoms with Crippen molar-refractivity contribution in [3.8, 4) is 0 Å². The summed E-state index contributed by atoms with van der Waals surface area (Å²) in [5, 5.41) is 13.2. The van der Waals surface area contributed by atoms with Crippen molar-refractivity contribution in [3.05, 3.63) is 47.6 Å². The summed E-state index contributed by atoms with van der Waals surface area (Å²) >= 11 is 0. The van der Waals surface area contributed by atoms with E-state index in [1.165, 1.54) is 5.56 Å². The summed E-state index contributed by atoms with van der Waals surface area (Å²) in [4.78, 5) is 4.37. The van der Waals surface area contributed by atoms with Gasteiger partial charge in [-0.05, 0) is 18.4 Å². The summed E-state index contributed by atoms with van der Waals surface area (Å²) in [6.07, 6.45) is 1.99. The van der Waals surface area contributed by atoms with Crippen molar-refractivity contribution in [2.45, 2.75) is 31.3 Å². The first-order chi connectivity index (χ1) is 8.31. The minimum absolute atomic E-state index is 0.190. The molecule has 4 nitrogen and oxygen atoms in total. The van der Waals surface area contributed by atoms with Gasteiger partial charge in [0.2, 0.25) is 5.89 Å². The van der Waals surface area contributed by atoms with E-state index in [2.05, 4.69) is 10.1 Å². The van der Waals surface area contributed by atoms with Crippen molar-refractivity contribution < 1.29 is 9.63 Å². The second kappa shape index (κ2) is 4.30. The molecule has 0 saturated heterocycles. The highest BCUT2D eigenvalue weighted by atomic mass is 16.5. The van der Waals surface area contributed by atoms with Gasteiger partial charge in [-0.3, -0.25) is 0 Å². The van der Waals surface area contributed by atoms with Crippen molar-refractivity contribution >= 4 is 0 Å². The quantitative estimate of drug-likeness (QED) is 0.874. The van der Waals surface area contributed by atoms with E-state index in [0.29, 0.717) is 18.1 Å². The molecule has 0 unspecified atom stereocenters. The van der Waals surface area contributed by atoms with Gasteiger partial charge in [-0.15, -0.1) is 0 Å². The fourth-order valence-electron chi connectivity index (χ4n) is 2.07. The molecule has 3 rings (SSSR count). The van der Waals surface area contributed by atoms with Crippen LogP contribution in [0, 0.1) is 0 Å². The van der Waals surface area contributed by atoms with Gasteiger partial charge in [0, 0.05) is 12.3 Å². The number of benzene rings is 1. The molecule has 1 aliphatic carbocycles. The van der Waals surface area contributed by atoms with Crippen LogP contribution >= 0.6 is 0 Å². The molecule has 0 bridgehead atoms. The number of aromatic nitrogens is 2. The average Bonchev–Trinajstić information content (AvgIpc) is 2.74. The van der Waals surface area contributed by atoms with E-state index < -0.39 is 0 Å². The fraction of sp³-hybridized carbons (Fsp3) is 0.385. The molecular weight excluding hydrogens is 216 g/mol. The van der Waals surface area contributed by atoms with Crippen molar-refractivity contribution in [1.82, 2.24) is 10.1 Å². The number of aliphatic hydroxyl groups excluding tert-OH is 1. The first-order valence-electron chi connectivity index (χ1n) is 5.86. The van der Waals surface area contributed by atoms with E-state index in [1.807, 2.05) is 30.3 Å². The molecule has 0 atom stereocenters. The highest BCUT2D eigenvalue weighted by Crippen LogP contribution is 2.35. The van der Waals surface area contributed by atoms with E-state index in [0.717, 1.165) is 12.8 Å². The molecule has 2 aromatic rings. The van der Waals surface area contributed by atoms with E-state index in [4.69, 9.17) is 4.52 Å². The molecule has 0 spiro atoms. The van der Waals surface area contributed by atoms with Crippen LogP contribution < -0.4 is 0 Å². The van der Waals surface area contributed by atoms with Gasteiger partial charge >= 0.3 is 0 Å². The van der Waals surface area contributed by atoms with E-state index in [-0.39, 0.29) is 12.0 Å². The van der Waals surface area contributed by atoms with Gasteiger partial charge in [-0.25, -0.2) is 0 Å². The van der Waals surface area contributed by atoms with E-state index in [1.54, 1.807) is 0 Å². The van der Waals surface area contributed by atoms with Gasteiger partial charge in [0.25, 0.3) is 0 Å². The third-order valence-electron chi connectivity index (χ3n) is 3.15. The lowest BCUT2D eigenvalue weighted by molar-refractivity contribution is 0.0625. The molecule has 17 heavy (non-hydrogen) atoms. The SMILES string of the molecule is OC1CC(c2nc(Cc3ccccc3)no2)C1. The minimum atomic E-state index is -0.190. The van der Waals surface area contributed by atoms with Gasteiger partial charge in [0.1, 0.15) is 0 Å². The number of hydrogen-bond acceptors (Lipinski definition) is 4. The molecular formula is C13H14N2O2. The Balaban J connectivity index is 1.69. The van der Waals surface area contributed by atoms with Crippen LogP contribution in [0.2, 0.25) is 0 Å².